The van der Waals surface area contributed by atoms with E-state index in [-0.39, 0.29) is 0 Å². The average Bonchev–Trinajstić information content (AvgIpc) is 3.07. The molecule has 4 aromatic rings. The highest BCUT2D eigenvalue weighted by Gasteiger charge is 2.14. The molecule has 0 amide bonds. The summed E-state index contributed by atoms with van der Waals surface area (Å²) in [5, 5.41) is 0. The molecule has 28 heavy (non-hydrogen) atoms. The van der Waals surface area contributed by atoms with E-state index < -0.39 is 0 Å². The molecule has 0 saturated heterocycles. The van der Waals surface area contributed by atoms with Gasteiger partial charge in [-0.3, -0.25) is 0 Å². The minimum Gasteiger partial charge on any atom is -0.493 e. The third kappa shape index (κ3) is 4.05. The van der Waals surface area contributed by atoms with Crippen molar-refractivity contribution in [3.63, 3.8) is 0 Å². The summed E-state index contributed by atoms with van der Waals surface area (Å²) in [7, 11) is 0. The van der Waals surface area contributed by atoms with E-state index in [9.17, 15) is 0 Å². The van der Waals surface area contributed by atoms with Gasteiger partial charge in [-0.2, -0.15) is 0 Å². The summed E-state index contributed by atoms with van der Waals surface area (Å²) in [5.41, 5.74) is 5.63. The molecule has 1 heterocycles. The largest absolute Gasteiger partial charge is 0.493 e. The Morgan fingerprint density at radius 3 is 2.61 bits per heavy atom. The highest BCUT2D eigenvalue weighted by atomic mass is 35.5. The van der Waals surface area contributed by atoms with E-state index in [2.05, 4.69) is 66.1 Å². The molecule has 4 heteroatoms. The predicted octanol–water partition coefficient (Wildman–Crippen LogP) is 6.07. The van der Waals surface area contributed by atoms with Crippen LogP contribution in [0.5, 0.6) is 5.75 Å². The van der Waals surface area contributed by atoms with Crippen molar-refractivity contribution >= 4 is 22.6 Å². The molecule has 0 bridgehead atoms. The van der Waals surface area contributed by atoms with Crippen molar-refractivity contribution in [1.29, 1.82) is 0 Å². The predicted molar refractivity (Wildman–Crippen MR) is 116 cm³/mol. The van der Waals surface area contributed by atoms with Crippen LogP contribution in [0.1, 0.15) is 17.5 Å². The quantitative estimate of drug-likeness (QED) is 0.283. The number of imidazole rings is 1. The molecular weight excluding hydrogens is 368 g/mol. The molecule has 0 radical (unpaired) electrons. The van der Waals surface area contributed by atoms with Gasteiger partial charge in [0.15, 0.2) is 0 Å². The Balaban J connectivity index is 1.81. The number of alkyl halides is 1. The van der Waals surface area contributed by atoms with Crippen LogP contribution < -0.4 is 4.74 Å². The molecule has 3 aromatic carbocycles. The number of halogens is 1. The van der Waals surface area contributed by atoms with Gasteiger partial charge in [-0.15, -0.1) is 11.6 Å². The van der Waals surface area contributed by atoms with Crippen molar-refractivity contribution in [2.24, 2.45) is 0 Å². The maximum atomic E-state index is 5.87. The number of aryl methyl sites for hydroxylation is 1. The second kappa shape index (κ2) is 8.49. The zero-order valence-corrected chi connectivity index (χ0v) is 16.7. The second-order valence-electron chi connectivity index (χ2n) is 6.92. The summed E-state index contributed by atoms with van der Waals surface area (Å²) < 4.78 is 8.14. The van der Waals surface area contributed by atoms with Crippen molar-refractivity contribution in [2.45, 2.75) is 19.9 Å². The first-order valence-corrected chi connectivity index (χ1v) is 10.1. The topological polar surface area (TPSA) is 27.1 Å². The fraction of sp³-hybridized carbons (Fsp3) is 0.208. The Bertz CT molecular complexity index is 1070. The first-order valence-electron chi connectivity index (χ1n) is 9.54. The smallest absolute Gasteiger partial charge is 0.141 e. The van der Waals surface area contributed by atoms with Gasteiger partial charge in [-0.25, -0.2) is 4.98 Å². The highest BCUT2D eigenvalue weighted by Crippen LogP contribution is 2.29. The Labute approximate surface area is 170 Å². The van der Waals surface area contributed by atoms with E-state index in [1.54, 1.807) is 0 Å². The van der Waals surface area contributed by atoms with Crippen molar-refractivity contribution in [3.8, 4) is 17.1 Å². The summed E-state index contributed by atoms with van der Waals surface area (Å²) in [6.07, 6.45) is 0.831. The zero-order valence-electron chi connectivity index (χ0n) is 15.9. The molecule has 0 N–H and O–H groups in total. The van der Waals surface area contributed by atoms with Crippen molar-refractivity contribution < 1.29 is 4.74 Å². The molecule has 0 spiro atoms. The van der Waals surface area contributed by atoms with Crippen LogP contribution in [0.15, 0.2) is 72.8 Å². The standard InChI is InChI=1S/C24H23ClN2O/c1-18-7-5-10-20(15-18)24-26-22-12-11-21(28-14-6-13-25)16-23(22)27(24)17-19-8-3-2-4-9-19/h2-5,7-12,15-16H,6,13-14,17H2,1H3. The molecule has 3 nitrogen and oxygen atoms in total. The summed E-state index contributed by atoms with van der Waals surface area (Å²) in [6.45, 7) is 3.48. The number of fused-ring (bicyclic) bond motifs is 1. The number of aromatic nitrogens is 2. The molecule has 0 saturated carbocycles. The van der Waals surface area contributed by atoms with Crippen molar-refractivity contribution in [2.75, 3.05) is 12.5 Å². The molecule has 142 valence electrons. The number of nitrogens with zero attached hydrogens (tertiary/aromatic N) is 2. The van der Waals surface area contributed by atoms with Gasteiger partial charge in [0.05, 0.1) is 17.6 Å². The van der Waals surface area contributed by atoms with Crippen LogP contribution in [0.4, 0.5) is 0 Å². The van der Waals surface area contributed by atoms with Crippen LogP contribution in [0.3, 0.4) is 0 Å². The normalized spacial score (nSPS) is 11.1. The van der Waals surface area contributed by atoms with Gasteiger partial charge in [-0.1, -0.05) is 54.1 Å². The number of hydrogen-bond donors (Lipinski definition) is 0. The minimum atomic E-state index is 0.603. The Morgan fingerprint density at radius 1 is 0.964 bits per heavy atom. The summed E-state index contributed by atoms with van der Waals surface area (Å²) in [6, 6.07) is 25.1. The Kier molecular flexibility index (Phi) is 5.63. The van der Waals surface area contributed by atoms with Crippen molar-refractivity contribution in [3.05, 3.63) is 83.9 Å². The van der Waals surface area contributed by atoms with E-state index >= 15 is 0 Å². The van der Waals surface area contributed by atoms with E-state index in [0.717, 1.165) is 41.1 Å². The lowest BCUT2D eigenvalue weighted by Gasteiger charge is -2.11. The van der Waals surface area contributed by atoms with Crippen LogP contribution in [0.2, 0.25) is 0 Å². The van der Waals surface area contributed by atoms with E-state index in [0.29, 0.717) is 12.5 Å². The zero-order chi connectivity index (χ0) is 19.3. The number of rotatable bonds is 7. The van der Waals surface area contributed by atoms with E-state index in [1.165, 1.54) is 11.1 Å². The van der Waals surface area contributed by atoms with Crippen LogP contribution in [-0.4, -0.2) is 22.0 Å². The molecule has 0 aliphatic carbocycles. The molecule has 4 rings (SSSR count). The minimum absolute atomic E-state index is 0.603. The third-order valence-electron chi connectivity index (χ3n) is 4.73. The fourth-order valence-electron chi connectivity index (χ4n) is 3.37. The summed E-state index contributed by atoms with van der Waals surface area (Å²) in [5.74, 6) is 2.43. The number of benzene rings is 3. The second-order valence-corrected chi connectivity index (χ2v) is 7.30. The third-order valence-corrected chi connectivity index (χ3v) is 4.99. The van der Waals surface area contributed by atoms with Gasteiger partial charge >= 0.3 is 0 Å². The highest BCUT2D eigenvalue weighted by molar-refractivity contribution is 6.17. The Morgan fingerprint density at radius 2 is 1.82 bits per heavy atom. The maximum absolute atomic E-state index is 5.87. The lowest BCUT2D eigenvalue weighted by atomic mass is 10.1. The fourth-order valence-corrected chi connectivity index (χ4v) is 3.48. The first kappa shape index (κ1) is 18.6. The monoisotopic (exact) mass is 390 g/mol. The van der Waals surface area contributed by atoms with E-state index in [4.69, 9.17) is 21.3 Å². The lowest BCUT2D eigenvalue weighted by molar-refractivity contribution is 0.318. The molecule has 0 aliphatic rings. The van der Waals surface area contributed by atoms with Crippen molar-refractivity contribution in [1.82, 2.24) is 9.55 Å². The molecular formula is C24H23ClN2O. The maximum Gasteiger partial charge on any atom is 0.141 e. The van der Waals surface area contributed by atoms with E-state index in [1.807, 2.05) is 18.2 Å². The number of ether oxygens (including phenoxy) is 1. The average molecular weight is 391 g/mol. The number of hydrogen-bond acceptors (Lipinski definition) is 2. The van der Waals surface area contributed by atoms with Gasteiger partial charge in [0.1, 0.15) is 11.6 Å². The summed E-state index contributed by atoms with van der Waals surface area (Å²) >= 11 is 5.77. The lowest BCUT2D eigenvalue weighted by Crippen LogP contribution is -2.03. The van der Waals surface area contributed by atoms with Crippen LogP contribution in [0.25, 0.3) is 22.4 Å². The van der Waals surface area contributed by atoms with Gasteiger partial charge in [-0.05, 0) is 37.1 Å². The molecule has 0 atom stereocenters. The SMILES string of the molecule is Cc1cccc(-c2nc3ccc(OCCCCl)cc3n2Cc2ccccc2)c1. The summed E-state index contributed by atoms with van der Waals surface area (Å²) in [4.78, 5) is 4.94. The van der Waals surface area contributed by atoms with Gasteiger partial charge < -0.3 is 9.30 Å². The molecule has 0 fully saturated rings. The van der Waals surface area contributed by atoms with Gasteiger partial charge in [0.25, 0.3) is 0 Å². The van der Waals surface area contributed by atoms with Gasteiger partial charge in [0.2, 0.25) is 0 Å². The van der Waals surface area contributed by atoms with Gasteiger partial charge in [0, 0.05) is 24.1 Å². The van der Waals surface area contributed by atoms with Crippen LogP contribution >= 0.6 is 11.6 Å². The van der Waals surface area contributed by atoms with Crippen LogP contribution in [-0.2, 0) is 6.54 Å². The molecule has 1 aromatic heterocycles. The molecule has 0 aliphatic heterocycles. The first-order chi connectivity index (χ1) is 13.7. The Hall–Kier alpha value is -2.78. The molecule has 0 unspecified atom stereocenters. The van der Waals surface area contributed by atoms with Crippen LogP contribution in [0, 0.1) is 6.92 Å².